The van der Waals surface area contributed by atoms with Crippen LogP contribution in [0.3, 0.4) is 0 Å². The Morgan fingerprint density at radius 1 is 1.13 bits per heavy atom. The molecule has 1 N–H and O–H groups in total. The second kappa shape index (κ2) is 8.62. The third-order valence-corrected chi connectivity index (χ3v) is 6.28. The average Bonchev–Trinajstić information content (AvgIpc) is 2.47. The largest absolute Gasteiger partial charge is 0.493 e. The van der Waals surface area contributed by atoms with E-state index >= 15 is 0 Å². The second-order valence-corrected chi connectivity index (χ2v) is 9.22. The Hall–Kier alpha value is -1.16. The van der Waals surface area contributed by atoms with Gasteiger partial charge in [-0.05, 0) is 31.2 Å². The number of methoxy groups -OCH3 is 1. The number of ether oxygens (including phenoxy) is 2. The first-order chi connectivity index (χ1) is 10.7. The maximum Gasteiger partial charge on any atom is 0.240 e. The minimum absolute atomic E-state index is 0.0331. The zero-order chi connectivity index (χ0) is 17.5. The summed E-state index contributed by atoms with van der Waals surface area (Å²) in [5.41, 5.74) is 0. The van der Waals surface area contributed by atoms with Gasteiger partial charge in [-0.25, -0.2) is 21.6 Å². The van der Waals surface area contributed by atoms with E-state index in [0.29, 0.717) is 5.75 Å². The number of hydrogen-bond donors (Lipinski definition) is 1. The number of benzene rings is 1. The standard InChI is InChI=1S/C14H23NO6S2/c1-4-22(16,17)10-9-21-13-5-7-14(8-6-13)23(18,19)15-12(2)11-20-3/h5-8,12,15H,4,9-11H2,1-3H3. The van der Waals surface area contributed by atoms with Gasteiger partial charge in [-0.3, -0.25) is 0 Å². The molecule has 0 saturated carbocycles. The summed E-state index contributed by atoms with van der Waals surface area (Å²) in [7, 11) is -5.21. The highest BCUT2D eigenvalue weighted by atomic mass is 32.2. The van der Waals surface area contributed by atoms with Gasteiger partial charge in [0.2, 0.25) is 10.0 Å². The van der Waals surface area contributed by atoms with Gasteiger partial charge in [0, 0.05) is 18.9 Å². The smallest absolute Gasteiger partial charge is 0.240 e. The van der Waals surface area contributed by atoms with Crippen molar-refractivity contribution >= 4 is 19.9 Å². The molecule has 1 aromatic rings. The van der Waals surface area contributed by atoms with Crippen molar-refractivity contribution in [2.75, 3.05) is 31.8 Å². The van der Waals surface area contributed by atoms with E-state index in [9.17, 15) is 16.8 Å². The van der Waals surface area contributed by atoms with Crippen LogP contribution in [-0.4, -0.2) is 54.7 Å². The Labute approximate surface area is 138 Å². The van der Waals surface area contributed by atoms with Crippen LogP contribution in [0.25, 0.3) is 0 Å². The van der Waals surface area contributed by atoms with Crippen LogP contribution >= 0.6 is 0 Å². The zero-order valence-corrected chi connectivity index (χ0v) is 15.1. The summed E-state index contributed by atoms with van der Waals surface area (Å²) >= 11 is 0. The van der Waals surface area contributed by atoms with Crippen molar-refractivity contribution in [3.05, 3.63) is 24.3 Å². The molecule has 0 saturated heterocycles. The quantitative estimate of drug-likeness (QED) is 0.659. The third kappa shape index (κ3) is 6.86. The molecule has 0 bridgehead atoms. The van der Waals surface area contributed by atoms with E-state index in [1.165, 1.54) is 31.4 Å². The Bertz CT molecular complexity index is 682. The normalized spacial score (nSPS) is 13.7. The van der Waals surface area contributed by atoms with Gasteiger partial charge in [-0.15, -0.1) is 0 Å². The van der Waals surface area contributed by atoms with Gasteiger partial charge >= 0.3 is 0 Å². The summed E-state index contributed by atoms with van der Waals surface area (Å²) in [4.78, 5) is 0.106. The van der Waals surface area contributed by atoms with Gasteiger partial charge in [0.05, 0.1) is 17.3 Å². The summed E-state index contributed by atoms with van der Waals surface area (Å²) in [6.07, 6.45) is 0. The molecule has 132 valence electrons. The number of hydrogen-bond acceptors (Lipinski definition) is 6. The summed E-state index contributed by atoms with van der Waals surface area (Å²) in [6, 6.07) is 5.46. The first-order valence-corrected chi connectivity index (χ1v) is 10.4. The van der Waals surface area contributed by atoms with E-state index in [1.54, 1.807) is 13.8 Å². The predicted octanol–water partition coefficient (Wildman–Crippen LogP) is 0.813. The molecule has 0 aliphatic heterocycles. The van der Waals surface area contributed by atoms with Gasteiger partial charge < -0.3 is 9.47 Å². The predicted molar refractivity (Wildman–Crippen MR) is 87.9 cm³/mol. The molecule has 1 rings (SSSR count). The maximum atomic E-state index is 12.1. The van der Waals surface area contributed by atoms with Crippen molar-refractivity contribution in [3.63, 3.8) is 0 Å². The van der Waals surface area contributed by atoms with Crippen LogP contribution in [0.2, 0.25) is 0 Å². The van der Waals surface area contributed by atoms with Crippen molar-refractivity contribution in [3.8, 4) is 5.75 Å². The fraction of sp³-hybridized carbons (Fsp3) is 0.571. The number of sulfonamides is 1. The van der Waals surface area contributed by atoms with Crippen molar-refractivity contribution in [2.24, 2.45) is 0 Å². The van der Waals surface area contributed by atoms with Crippen LogP contribution in [0.15, 0.2) is 29.2 Å². The summed E-state index contributed by atoms with van der Waals surface area (Å²) in [5, 5.41) is 0. The molecular formula is C14H23NO6S2. The van der Waals surface area contributed by atoms with Crippen LogP contribution in [-0.2, 0) is 24.6 Å². The van der Waals surface area contributed by atoms with Crippen LogP contribution in [0, 0.1) is 0 Å². The minimum Gasteiger partial charge on any atom is -0.493 e. The highest BCUT2D eigenvalue weighted by Gasteiger charge is 2.17. The van der Waals surface area contributed by atoms with Crippen LogP contribution < -0.4 is 9.46 Å². The topological polar surface area (TPSA) is 98.8 Å². The van der Waals surface area contributed by atoms with Crippen molar-refractivity contribution in [1.29, 1.82) is 0 Å². The Kier molecular flexibility index (Phi) is 7.46. The lowest BCUT2D eigenvalue weighted by Gasteiger charge is -2.13. The summed E-state index contributed by atoms with van der Waals surface area (Å²) in [5.74, 6) is 0.415. The van der Waals surface area contributed by atoms with E-state index in [0.717, 1.165) is 0 Å². The van der Waals surface area contributed by atoms with Crippen LogP contribution in [0.1, 0.15) is 13.8 Å². The van der Waals surface area contributed by atoms with Crippen molar-refractivity contribution < 1.29 is 26.3 Å². The average molecular weight is 365 g/mol. The second-order valence-electron chi connectivity index (χ2n) is 5.03. The monoisotopic (exact) mass is 365 g/mol. The number of rotatable bonds is 10. The molecule has 0 aliphatic carbocycles. The van der Waals surface area contributed by atoms with Gasteiger partial charge in [0.1, 0.15) is 12.4 Å². The molecule has 0 heterocycles. The fourth-order valence-corrected chi connectivity index (χ4v) is 3.62. The Morgan fingerprint density at radius 3 is 2.26 bits per heavy atom. The molecule has 23 heavy (non-hydrogen) atoms. The first-order valence-electron chi connectivity index (χ1n) is 7.14. The third-order valence-electron chi connectivity index (χ3n) is 3.01. The molecule has 7 nitrogen and oxygen atoms in total. The molecule has 0 fully saturated rings. The van der Waals surface area contributed by atoms with Crippen molar-refractivity contribution in [1.82, 2.24) is 4.72 Å². The van der Waals surface area contributed by atoms with E-state index in [4.69, 9.17) is 9.47 Å². The van der Waals surface area contributed by atoms with Gasteiger partial charge in [0.25, 0.3) is 0 Å². The van der Waals surface area contributed by atoms with Gasteiger partial charge in [-0.1, -0.05) is 6.92 Å². The molecule has 0 amide bonds. The van der Waals surface area contributed by atoms with E-state index in [1.807, 2.05) is 0 Å². The highest BCUT2D eigenvalue weighted by Crippen LogP contribution is 2.16. The molecule has 0 aliphatic rings. The maximum absolute atomic E-state index is 12.1. The molecule has 9 heteroatoms. The number of sulfone groups is 1. The fourth-order valence-electron chi connectivity index (χ4n) is 1.76. The first kappa shape index (κ1) is 19.9. The Balaban J connectivity index is 2.65. The Morgan fingerprint density at radius 2 is 1.74 bits per heavy atom. The van der Waals surface area contributed by atoms with E-state index in [2.05, 4.69) is 4.72 Å². The van der Waals surface area contributed by atoms with Gasteiger partial charge in [-0.2, -0.15) is 0 Å². The van der Waals surface area contributed by atoms with E-state index in [-0.39, 0.29) is 35.7 Å². The van der Waals surface area contributed by atoms with Crippen molar-refractivity contribution in [2.45, 2.75) is 24.8 Å². The highest BCUT2D eigenvalue weighted by molar-refractivity contribution is 7.91. The molecular weight excluding hydrogens is 342 g/mol. The number of nitrogens with one attached hydrogen (secondary N) is 1. The summed E-state index contributed by atoms with van der Waals surface area (Å²) < 4.78 is 59.7. The zero-order valence-electron chi connectivity index (χ0n) is 13.5. The SMILES string of the molecule is CCS(=O)(=O)CCOc1ccc(S(=O)(=O)NC(C)COC)cc1. The lowest BCUT2D eigenvalue weighted by atomic mass is 10.3. The molecule has 0 aromatic heterocycles. The van der Waals surface area contributed by atoms with Gasteiger partial charge in [0.15, 0.2) is 9.84 Å². The summed E-state index contributed by atoms with van der Waals surface area (Å²) in [6.45, 7) is 3.58. The molecule has 0 radical (unpaired) electrons. The minimum atomic E-state index is -3.63. The molecule has 1 unspecified atom stereocenters. The van der Waals surface area contributed by atoms with Crippen LogP contribution in [0.5, 0.6) is 5.75 Å². The lowest BCUT2D eigenvalue weighted by molar-refractivity contribution is 0.180. The molecule has 1 aromatic carbocycles. The van der Waals surface area contributed by atoms with E-state index < -0.39 is 19.9 Å². The molecule has 0 spiro atoms. The molecule has 1 atom stereocenters. The van der Waals surface area contributed by atoms with Crippen LogP contribution in [0.4, 0.5) is 0 Å². The lowest BCUT2D eigenvalue weighted by Crippen LogP contribution is -2.35.